The van der Waals surface area contributed by atoms with Gasteiger partial charge in [-0.1, -0.05) is 6.92 Å². The van der Waals surface area contributed by atoms with E-state index in [4.69, 9.17) is 0 Å². The standard InChI is InChI=1S/C11H18O2/c1-7-5-6-8-9(12)3-2-4-10(13)11(7)8/h7-8,10-11,13H,2-6H2,1H3/t7-,8+,10-,11-/m1/s1. The van der Waals surface area contributed by atoms with Crippen LogP contribution in [0.25, 0.3) is 0 Å². The van der Waals surface area contributed by atoms with Crippen molar-refractivity contribution < 1.29 is 9.90 Å². The first kappa shape index (κ1) is 9.20. The van der Waals surface area contributed by atoms with Crippen LogP contribution in [-0.4, -0.2) is 17.0 Å². The summed E-state index contributed by atoms with van der Waals surface area (Å²) >= 11 is 0. The van der Waals surface area contributed by atoms with Gasteiger partial charge in [0.1, 0.15) is 5.78 Å². The zero-order valence-electron chi connectivity index (χ0n) is 8.20. The highest BCUT2D eigenvalue weighted by Gasteiger charge is 2.42. The first-order valence-electron chi connectivity index (χ1n) is 5.41. The molecule has 0 aliphatic heterocycles. The van der Waals surface area contributed by atoms with Crippen molar-refractivity contribution in [2.24, 2.45) is 17.8 Å². The van der Waals surface area contributed by atoms with Crippen LogP contribution in [0.15, 0.2) is 0 Å². The Morgan fingerprint density at radius 1 is 1.31 bits per heavy atom. The summed E-state index contributed by atoms with van der Waals surface area (Å²) in [6.45, 7) is 2.17. The Kier molecular flexibility index (Phi) is 2.41. The summed E-state index contributed by atoms with van der Waals surface area (Å²) in [5.74, 6) is 1.41. The summed E-state index contributed by atoms with van der Waals surface area (Å²) < 4.78 is 0. The van der Waals surface area contributed by atoms with Crippen molar-refractivity contribution in [3.63, 3.8) is 0 Å². The fraction of sp³-hybridized carbons (Fsp3) is 0.909. The van der Waals surface area contributed by atoms with Gasteiger partial charge in [-0.05, 0) is 37.5 Å². The lowest BCUT2D eigenvalue weighted by atomic mass is 9.84. The van der Waals surface area contributed by atoms with Gasteiger partial charge in [0.25, 0.3) is 0 Å². The topological polar surface area (TPSA) is 37.3 Å². The van der Waals surface area contributed by atoms with Gasteiger partial charge in [0.05, 0.1) is 6.10 Å². The predicted octanol–water partition coefficient (Wildman–Crippen LogP) is 1.76. The maximum Gasteiger partial charge on any atom is 0.136 e. The highest BCUT2D eigenvalue weighted by molar-refractivity contribution is 5.82. The number of rotatable bonds is 0. The van der Waals surface area contributed by atoms with Crippen LogP contribution in [0.2, 0.25) is 0 Å². The van der Waals surface area contributed by atoms with E-state index in [0.29, 0.717) is 18.1 Å². The predicted molar refractivity (Wildman–Crippen MR) is 50.2 cm³/mol. The molecule has 0 heterocycles. The minimum Gasteiger partial charge on any atom is -0.393 e. The van der Waals surface area contributed by atoms with Crippen molar-refractivity contribution in [1.82, 2.24) is 0 Å². The molecular formula is C11H18O2. The molecule has 2 nitrogen and oxygen atoms in total. The molecule has 2 rings (SSSR count). The van der Waals surface area contributed by atoms with E-state index in [-0.39, 0.29) is 17.9 Å². The minimum absolute atomic E-state index is 0.188. The van der Waals surface area contributed by atoms with Gasteiger partial charge in [-0.2, -0.15) is 0 Å². The van der Waals surface area contributed by atoms with Crippen LogP contribution in [0.4, 0.5) is 0 Å². The van der Waals surface area contributed by atoms with E-state index in [1.807, 2.05) is 0 Å². The molecule has 0 spiro atoms. The molecular weight excluding hydrogens is 164 g/mol. The summed E-state index contributed by atoms with van der Waals surface area (Å²) in [6.07, 6.45) is 4.34. The van der Waals surface area contributed by atoms with Gasteiger partial charge < -0.3 is 5.11 Å². The Labute approximate surface area is 79.3 Å². The molecule has 2 aliphatic carbocycles. The molecule has 0 unspecified atom stereocenters. The van der Waals surface area contributed by atoms with Crippen LogP contribution in [0.5, 0.6) is 0 Å². The zero-order valence-corrected chi connectivity index (χ0v) is 8.20. The molecule has 0 aromatic heterocycles. The van der Waals surface area contributed by atoms with E-state index >= 15 is 0 Å². The average molecular weight is 182 g/mol. The number of hydrogen-bond donors (Lipinski definition) is 1. The summed E-state index contributed by atoms with van der Waals surface area (Å²) in [6, 6.07) is 0. The molecule has 0 aromatic rings. The van der Waals surface area contributed by atoms with E-state index in [1.54, 1.807) is 0 Å². The van der Waals surface area contributed by atoms with Crippen molar-refractivity contribution in [3.05, 3.63) is 0 Å². The molecule has 74 valence electrons. The monoisotopic (exact) mass is 182 g/mol. The number of aliphatic hydroxyl groups is 1. The van der Waals surface area contributed by atoms with Crippen molar-refractivity contribution >= 4 is 5.78 Å². The molecule has 0 saturated heterocycles. The van der Waals surface area contributed by atoms with Crippen LogP contribution in [0.1, 0.15) is 39.0 Å². The lowest BCUT2D eigenvalue weighted by Gasteiger charge is -2.24. The average Bonchev–Trinajstić information content (AvgIpc) is 2.40. The summed E-state index contributed by atoms with van der Waals surface area (Å²) in [4.78, 5) is 11.7. The summed E-state index contributed by atoms with van der Waals surface area (Å²) in [5.41, 5.74) is 0. The highest BCUT2D eigenvalue weighted by atomic mass is 16.3. The molecule has 2 saturated carbocycles. The SMILES string of the molecule is C[C@@H]1CC[C@H]2C(=O)CCC[C@@H](O)[C@H]12. The number of ketones is 1. The lowest BCUT2D eigenvalue weighted by molar-refractivity contribution is -0.124. The molecule has 4 atom stereocenters. The van der Waals surface area contributed by atoms with E-state index in [9.17, 15) is 9.90 Å². The summed E-state index contributed by atoms with van der Waals surface area (Å²) in [5, 5.41) is 9.90. The van der Waals surface area contributed by atoms with E-state index < -0.39 is 0 Å². The number of aliphatic hydroxyl groups excluding tert-OH is 1. The molecule has 2 aliphatic rings. The van der Waals surface area contributed by atoms with Crippen LogP contribution < -0.4 is 0 Å². The van der Waals surface area contributed by atoms with Gasteiger partial charge in [-0.25, -0.2) is 0 Å². The number of hydrogen-bond acceptors (Lipinski definition) is 2. The Morgan fingerprint density at radius 3 is 2.85 bits per heavy atom. The third-order valence-corrected chi connectivity index (χ3v) is 3.84. The first-order valence-corrected chi connectivity index (χ1v) is 5.41. The molecule has 0 aromatic carbocycles. The maximum atomic E-state index is 11.7. The summed E-state index contributed by atoms with van der Waals surface area (Å²) in [7, 11) is 0. The van der Waals surface area contributed by atoms with Crippen LogP contribution in [0.3, 0.4) is 0 Å². The van der Waals surface area contributed by atoms with Gasteiger partial charge in [0.15, 0.2) is 0 Å². The molecule has 0 bridgehead atoms. The molecule has 2 fully saturated rings. The minimum atomic E-state index is -0.214. The molecule has 0 amide bonds. The van der Waals surface area contributed by atoms with Gasteiger partial charge in [-0.3, -0.25) is 4.79 Å². The third-order valence-electron chi connectivity index (χ3n) is 3.84. The number of fused-ring (bicyclic) bond motifs is 1. The van der Waals surface area contributed by atoms with Crippen molar-refractivity contribution in [2.45, 2.75) is 45.1 Å². The van der Waals surface area contributed by atoms with Gasteiger partial charge >= 0.3 is 0 Å². The van der Waals surface area contributed by atoms with Crippen LogP contribution in [-0.2, 0) is 4.79 Å². The second-order valence-electron chi connectivity index (χ2n) is 4.66. The number of carbonyl (C=O) groups excluding carboxylic acids is 1. The Morgan fingerprint density at radius 2 is 2.08 bits per heavy atom. The van der Waals surface area contributed by atoms with E-state index in [2.05, 4.69) is 6.92 Å². The van der Waals surface area contributed by atoms with Crippen LogP contribution in [0, 0.1) is 17.8 Å². The largest absolute Gasteiger partial charge is 0.393 e. The Balaban J connectivity index is 2.20. The van der Waals surface area contributed by atoms with Crippen LogP contribution >= 0.6 is 0 Å². The number of Topliss-reactive ketones (excluding diaryl/α,β-unsaturated/α-hetero) is 1. The highest BCUT2D eigenvalue weighted by Crippen LogP contribution is 2.43. The quantitative estimate of drug-likeness (QED) is 0.620. The Hall–Kier alpha value is -0.370. The van der Waals surface area contributed by atoms with Crippen molar-refractivity contribution in [1.29, 1.82) is 0 Å². The fourth-order valence-electron chi connectivity index (χ4n) is 3.11. The smallest absolute Gasteiger partial charge is 0.136 e. The van der Waals surface area contributed by atoms with E-state index in [1.165, 1.54) is 0 Å². The van der Waals surface area contributed by atoms with Gasteiger partial charge in [0, 0.05) is 12.3 Å². The second kappa shape index (κ2) is 3.41. The van der Waals surface area contributed by atoms with Gasteiger partial charge in [-0.15, -0.1) is 0 Å². The second-order valence-corrected chi connectivity index (χ2v) is 4.66. The van der Waals surface area contributed by atoms with Crippen molar-refractivity contribution in [2.75, 3.05) is 0 Å². The lowest BCUT2D eigenvalue weighted by Crippen LogP contribution is -2.29. The van der Waals surface area contributed by atoms with Crippen molar-refractivity contribution in [3.8, 4) is 0 Å². The normalized spacial score (nSPS) is 45.8. The van der Waals surface area contributed by atoms with E-state index in [0.717, 1.165) is 25.7 Å². The molecule has 13 heavy (non-hydrogen) atoms. The van der Waals surface area contributed by atoms with Gasteiger partial charge in [0.2, 0.25) is 0 Å². The molecule has 0 radical (unpaired) electrons. The zero-order chi connectivity index (χ0) is 9.42. The third kappa shape index (κ3) is 1.52. The first-order chi connectivity index (χ1) is 6.20. The Bertz CT molecular complexity index is 212. The fourth-order valence-corrected chi connectivity index (χ4v) is 3.11. The number of carbonyl (C=O) groups is 1. The molecule has 2 heteroatoms. The maximum absolute atomic E-state index is 11.7. The molecule has 1 N–H and O–H groups in total.